The fraction of sp³-hybridized carbons (Fsp3) is 0.350. The summed E-state index contributed by atoms with van der Waals surface area (Å²) in [6.45, 7) is 4.56. The van der Waals surface area contributed by atoms with Gasteiger partial charge in [-0.05, 0) is 97.5 Å². The van der Waals surface area contributed by atoms with Crippen LogP contribution in [0.15, 0.2) is 72.8 Å². The second kappa shape index (κ2) is 13.9. The first-order valence-electron chi connectivity index (χ1n) is 16.1. The zero-order chi connectivity index (χ0) is 28.7. The molecule has 0 aliphatic carbocycles. The average Bonchev–Trinajstić information content (AvgIpc) is 3.57. The predicted octanol–water partition coefficient (Wildman–Crippen LogP) is 12.8. The standard InChI is InChI=1S/C40H42S2/c1-3-5-7-9-11-13-29-17-21-37-33(25-29)35-27-31(19-23-39(35)41-37)15-16-32-20-24-40-36(28-32)34-26-30(18-22-38(34)42-40)14-12-10-8-6-4-2/h17-28H,3-14H2,1-2H3. The Morgan fingerprint density at radius 3 is 1.24 bits per heavy atom. The number of rotatable bonds is 12. The van der Waals surface area contributed by atoms with Crippen molar-refractivity contribution in [2.24, 2.45) is 0 Å². The molecule has 0 atom stereocenters. The molecule has 0 amide bonds. The lowest BCUT2D eigenvalue weighted by Crippen LogP contribution is -1.86. The van der Waals surface area contributed by atoms with Gasteiger partial charge in [0.15, 0.2) is 0 Å². The van der Waals surface area contributed by atoms with Gasteiger partial charge in [-0.1, -0.05) is 89.2 Å². The molecule has 2 heterocycles. The minimum absolute atomic E-state index is 1.09. The lowest BCUT2D eigenvalue weighted by atomic mass is 10.0. The molecule has 0 fully saturated rings. The number of aryl methyl sites for hydroxylation is 2. The molecule has 6 rings (SSSR count). The molecule has 0 aliphatic rings. The summed E-state index contributed by atoms with van der Waals surface area (Å²) < 4.78 is 5.45. The van der Waals surface area contributed by atoms with Crippen LogP contribution in [0.4, 0.5) is 0 Å². The van der Waals surface area contributed by atoms with E-state index in [1.165, 1.54) is 129 Å². The van der Waals surface area contributed by atoms with Crippen LogP contribution in [0.25, 0.3) is 40.3 Å². The van der Waals surface area contributed by atoms with Crippen molar-refractivity contribution in [1.29, 1.82) is 0 Å². The molecule has 42 heavy (non-hydrogen) atoms. The number of fused-ring (bicyclic) bond motifs is 6. The van der Waals surface area contributed by atoms with Crippen molar-refractivity contribution in [2.75, 3.05) is 0 Å². The highest BCUT2D eigenvalue weighted by Crippen LogP contribution is 2.36. The Balaban J connectivity index is 1.22. The van der Waals surface area contributed by atoms with E-state index in [9.17, 15) is 0 Å². The maximum Gasteiger partial charge on any atom is 0.0356 e. The van der Waals surface area contributed by atoms with Gasteiger partial charge in [-0.2, -0.15) is 0 Å². The SMILES string of the molecule is CCCCCCCc1ccc2sc3ccc(C#Cc4ccc5sc6ccc(CCCCCCC)cc6c5c4)cc3c2c1. The van der Waals surface area contributed by atoms with Crippen LogP contribution in [-0.4, -0.2) is 0 Å². The largest absolute Gasteiger partial charge is 0.135 e. The lowest BCUT2D eigenvalue weighted by molar-refractivity contribution is 0.632. The molecule has 0 aliphatic heterocycles. The minimum Gasteiger partial charge on any atom is -0.135 e. The molecule has 4 aromatic carbocycles. The number of thiophene rings is 2. The molecule has 2 heteroatoms. The topological polar surface area (TPSA) is 0 Å². The number of hydrogen-bond donors (Lipinski definition) is 0. The van der Waals surface area contributed by atoms with Crippen LogP contribution in [0.2, 0.25) is 0 Å². The Morgan fingerprint density at radius 1 is 0.429 bits per heavy atom. The van der Waals surface area contributed by atoms with E-state index in [2.05, 4.69) is 98.5 Å². The van der Waals surface area contributed by atoms with Crippen molar-refractivity contribution in [3.8, 4) is 11.8 Å². The molecule has 0 bridgehead atoms. The molecule has 0 saturated carbocycles. The van der Waals surface area contributed by atoms with Crippen LogP contribution < -0.4 is 0 Å². The number of hydrogen-bond acceptors (Lipinski definition) is 2. The van der Waals surface area contributed by atoms with Crippen LogP contribution in [-0.2, 0) is 12.8 Å². The molecular weight excluding hydrogens is 545 g/mol. The summed E-state index contributed by atoms with van der Waals surface area (Å²) in [4.78, 5) is 0. The Bertz CT molecular complexity index is 1730. The van der Waals surface area contributed by atoms with E-state index in [4.69, 9.17) is 0 Å². The van der Waals surface area contributed by atoms with E-state index < -0.39 is 0 Å². The van der Waals surface area contributed by atoms with Crippen molar-refractivity contribution in [1.82, 2.24) is 0 Å². The summed E-state index contributed by atoms with van der Waals surface area (Å²) in [5.74, 6) is 6.99. The van der Waals surface area contributed by atoms with Crippen LogP contribution >= 0.6 is 22.7 Å². The van der Waals surface area contributed by atoms with Crippen molar-refractivity contribution < 1.29 is 0 Å². The Hall–Kier alpha value is -3.12. The van der Waals surface area contributed by atoms with Gasteiger partial charge in [-0.15, -0.1) is 22.7 Å². The third-order valence-electron chi connectivity index (χ3n) is 8.56. The molecule has 0 radical (unpaired) electrons. The molecular formula is C40H42S2. The zero-order valence-electron chi connectivity index (χ0n) is 25.2. The third-order valence-corrected chi connectivity index (χ3v) is 10.9. The van der Waals surface area contributed by atoms with Crippen molar-refractivity contribution in [2.45, 2.75) is 90.9 Å². The van der Waals surface area contributed by atoms with E-state index in [1.807, 2.05) is 22.7 Å². The quantitative estimate of drug-likeness (QED) is 0.0988. The Labute approximate surface area is 259 Å². The van der Waals surface area contributed by atoms with E-state index >= 15 is 0 Å². The minimum atomic E-state index is 1.09. The zero-order valence-corrected chi connectivity index (χ0v) is 26.9. The normalized spacial score (nSPS) is 11.6. The van der Waals surface area contributed by atoms with Gasteiger partial charge in [0.05, 0.1) is 0 Å². The van der Waals surface area contributed by atoms with Crippen molar-refractivity contribution >= 4 is 63.0 Å². The van der Waals surface area contributed by atoms with Gasteiger partial charge in [0, 0.05) is 51.5 Å². The van der Waals surface area contributed by atoms with Crippen LogP contribution in [0.5, 0.6) is 0 Å². The maximum absolute atomic E-state index is 3.50. The molecule has 0 saturated heterocycles. The second-order valence-corrected chi connectivity index (χ2v) is 14.0. The van der Waals surface area contributed by atoms with Gasteiger partial charge < -0.3 is 0 Å². The van der Waals surface area contributed by atoms with Crippen LogP contribution in [0, 0.1) is 11.8 Å². The molecule has 0 nitrogen and oxygen atoms in total. The van der Waals surface area contributed by atoms with E-state index in [1.54, 1.807) is 0 Å². The smallest absolute Gasteiger partial charge is 0.0356 e. The first-order valence-corrected chi connectivity index (χ1v) is 17.8. The van der Waals surface area contributed by atoms with Gasteiger partial charge in [-0.25, -0.2) is 0 Å². The summed E-state index contributed by atoms with van der Waals surface area (Å²) in [7, 11) is 0. The van der Waals surface area contributed by atoms with E-state index in [0.717, 1.165) is 11.1 Å². The van der Waals surface area contributed by atoms with Gasteiger partial charge in [0.25, 0.3) is 0 Å². The monoisotopic (exact) mass is 586 g/mol. The third kappa shape index (κ3) is 6.75. The lowest BCUT2D eigenvalue weighted by Gasteiger charge is -2.03. The van der Waals surface area contributed by atoms with Crippen molar-refractivity contribution in [3.63, 3.8) is 0 Å². The van der Waals surface area contributed by atoms with E-state index in [-0.39, 0.29) is 0 Å². The fourth-order valence-corrected chi connectivity index (χ4v) is 8.26. The second-order valence-electron chi connectivity index (χ2n) is 11.9. The van der Waals surface area contributed by atoms with Gasteiger partial charge in [-0.3, -0.25) is 0 Å². The highest BCUT2D eigenvalue weighted by Gasteiger charge is 2.09. The highest BCUT2D eigenvalue weighted by atomic mass is 32.1. The summed E-state index contributed by atoms with van der Waals surface area (Å²) in [6.07, 6.45) is 15.6. The summed E-state index contributed by atoms with van der Waals surface area (Å²) in [5.41, 5.74) is 5.11. The van der Waals surface area contributed by atoms with Crippen LogP contribution in [0.1, 0.15) is 100 Å². The fourth-order valence-electron chi connectivity index (χ4n) is 6.13. The van der Waals surface area contributed by atoms with Gasteiger partial charge in [0.1, 0.15) is 0 Å². The Morgan fingerprint density at radius 2 is 0.810 bits per heavy atom. The van der Waals surface area contributed by atoms with E-state index in [0.29, 0.717) is 0 Å². The highest BCUT2D eigenvalue weighted by molar-refractivity contribution is 7.26. The van der Waals surface area contributed by atoms with Gasteiger partial charge in [0.2, 0.25) is 0 Å². The first kappa shape index (κ1) is 29.0. The number of unbranched alkanes of at least 4 members (excludes halogenated alkanes) is 8. The maximum atomic E-state index is 3.50. The molecule has 2 aromatic heterocycles. The molecule has 214 valence electrons. The molecule has 0 spiro atoms. The average molecular weight is 587 g/mol. The van der Waals surface area contributed by atoms with Crippen LogP contribution in [0.3, 0.4) is 0 Å². The number of benzene rings is 4. The van der Waals surface area contributed by atoms with Gasteiger partial charge >= 0.3 is 0 Å². The predicted molar refractivity (Wildman–Crippen MR) is 190 cm³/mol. The summed E-state index contributed by atoms with van der Waals surface area (Å²) >= 11 is 3.79. The molecule has 0 unspecified atom stereocenters. The molecule has 0 N–H and O–H groups in total. The summed E-state index contributed by atoms with van der Waals surface area (Å²) in [6, 6.07) is 27.7. The molecule has 6 aromatic rings. The van der Waals surface area contributed by atoms with Crippen molar-refractivity contribution in [3.05, 3.63) is 95.1 Å². The Kier molecular flexibility index (Phi) is 9.59. The summed E-state index contributed by atoms with van der Waals surface area (Å²) in [5, 5.41) is 5.46. The first-order chi connectivity index (χ1) is 20.7.